The first-order valence-corrected chi connectivity index (χ1v) is 12.2. The molecule has 0 aliphatic rings. The topological polar surface area (TPSA) is 56.4 Å². The maximum atomic E-state index is 13.6. The number of hydrogen-bond donors (Lipinski definition) is 1. The molecular formula is C30H33N3O2. The van der Waals surface area contributed by atoms with Crippen molar-refractivity contribution < 1.29 is 9.59 Å². The van der Waals surface area contributed by atoms with Gasteiger partial charge in [0.05, 0.1) is 0 Å². The van der Waals surface area contributed by atoms with Gasteiger partial charge < -0.3 is 14.8 Å². The number of aromatic amines is 1. The van der Waals surface area contributed by atoms with Gasteiger partial charge in [0.15, 0.2) is 0 Å². The van der Waals surface area contributed by atoms with Crippen molar-refractivity contribution in [2.24, 2.45) is 0 Å². The molecule has 0 fully saturated rings. The van der Waals surface area contributed by atoms with Gasteiger partial charge in [0.25, 0.3) is 5.91 Å². The maximum absolute atomic E-state index is 13.6. The lowest BCUT2D eigenvalue weighted by atomic mass is 10.1. The summed E-state index contributed by atoms with van der Waals surface area (Å²) in [6.45, 7) is 7.02. The Kier molecular flexibility index (Phi) is 7.66. The van der Waals surface area contributed by atoms with E-state index in [9.17, 15) is 9.59 Å². The fraction of sp³-hybridized carbons (Fsp3) is 0.267. The van der Waals surface area contributed by atoms with Crippen molar-refractivity contribution in [2.45, 2.75) is 39.8 Å². The Morgan fingerprint density at radius 3 is 2.29 bits per heavy atom. The molecule has 0 spiro atoms. The number of para-hydroxylation sites is 1. The number of hydrogen-bond acceptors (Lipinski definition) is 2. The number of H-pyrrole nitrogens is 1. The fourth-order valence-electron chi connectivity index (χ4n) is 4.29. The van der Waals surface area contributed by atoms with Crippen LogP contribution in [0.25, 0.3) is 10.9 Å². The van der Waals surface area contributed by atoms with E-state index in [-0.39, 0.29) is 24.4 Å². The lowest BCUT2D eigenvalue weighted by Gasteiger charge is -2.30. The van der Waals surface area contributed by atoms with E-state index >= 15 is 0 Å². The largest absolute Gasteiger partial charge is 0.361 e. The molecule has 0 saturated carbocycles. The maximum Gasteiger partial charge on any atom is 0.254 e. The number of nitrogens with zero attached hydrogens (tertiary/aromatic N) is 2. The van der Waals surface area contributed by atoms with Crippen LogP contribution in [-0.2, 0) is 17.8 Å². The van der Waals surface area contributed by atoms with Gasteiger partial charge >= 0.3 is 0 Å². The Morgan fingerprint density at radius 2 is 1.57 bits per heavy atom. The number of fused-ring (bicyclic) bond motifs is 1. The molecule has 35 heavy (non-hydrogen) atoms. The van der Waals surface area contributed by atoms with Gasteiger partial charge in [-0.3, -0.25) is 9.59 Å². The van der Waals surface area contributed by atoms with Gasteiger partial charge in [-0.15, -0.1) is 0 Å². The highest BCUT2D eigenvalue weighted by Gasteiger charge is 2.25. The first kappa shape index (κ1) is 24.3. The van der Waals surface area contributed by atoms with E-state index < -0.39 is 0 Å². The van der Waals surface area contributed by atoms with Crippen molar-refractivity contribution in [1.82, 2.24) is 14.8 Å². The zero-order valence-electron chi connectivity index (χ0n) is 20.7. The molecule has 4 rings (SSSR count). The van der Waals surface area contributed by atoms with Gasteiger partial charge in [-0.1, -0.05) is 66.2 Å². The zero-order chi connectivity index (χ0) is 24.8. The SMILES string of the molecule is Cc1ccc(C(=O)N(CC(=O)N(CCc2c[nH]c3ccccc23)Cc2ccccc2)C(C)C)cc1. The van der Waals surface area contributed by atoms with Gasteiger partial charge in [0.2, 0.25) is 5.91 Å². The first-order valence-electron chi connectivity index (χ1n) is 12.2. The van der Waals surface area contributed by atoms with Crippen LogP contribution < -0.4 is 0 Å². The summed E-state index contributed by atoms with van der Waals surface area (Å²) in [5, 5.41) is 1.18. The second-order valence-electron chi connectivity index (χ2n) is 9.30. The third-order valence-corrected chi connectivity index (χ3v) is 6.38. The number of rotatable bonds is 9. The minimum Gasteiger partial charge on any atom is -0.361 e. The van der Waals surface area contributed by atoms with Crippen molar-refractivity contribution >= 4 is 22.7 Å². The van der Waals surface area contributed by atoms with Crippen LogP contribution in [0, 0.1) is 6.92 Å². The Balaban J connectivity index is 1.53. The highest BCUT2D eigenvalue weighted by molar-refractivity contribution is 5.96. The number of nitrogens with one attached hydrogen (secondary N) is 1. The predicted octanol–water partition coefficient (Wildman–Crippen LogP) is 5.60. The van der Waals surface area contributed by atoms with Crippen LogP contribution in [0.4, 0.5) is 0 Å². The standard InChI is InChI=1S/C30H33N3O2/c1-22(2)33(30(35)25-15-13-23(3)14-16-25)21-29(34)32(20-24-9-5-4-6-10-24)18-17-26-19-31-28-12-8-7-11-27(26)28/h4-16,19,22,31H,17-18,20-21H2,1-3H3. The summed E-state index contributed by atoms with van der Waals surface area (Å²) in [6, 6.07) is 25.6. The van der Waals surface area contributed by atoms with Gasteiger partial charge in [-0.25, -0.2) is 0 Å². The molecule has 2 amide bonds. The van der Waals surface area contributed by atoms with Gasteiger partial charge in [0.1, 0.15) is 6.54 Å². The van der Waals surface area contributed by atoms with Gasteiger partial charge in [-0.2, -0.15) is 0 Å². The summed E-state index contributed by atoms with van der Waals surface area (Å²) < 4.78 is 0. The Morgan fingerprint density at radius 1 is 0.886 bits per heavy atom. The van der Waals surface area contributed by atoms with E-state index in [4.69, 9.17) is 0 Å². The molecule has 5 nitrogen and oxygen atoms in total. The average molecular weight is 468 g/mol. The lowest BCUT2D eigenvalue weighted by Crippen LogP contribution is -2.46. The minimum absolute atomic E-state index is 0.0467. The summed E-state index contributed by atoms with van der Waals surface area (Å²) in [4.78, 5) is 33.7. The molecule has 0 unspecified atom stereocenters. The quantitative estimate of drug-likeness (QED) is 0.348. The van der Waals surface area contributed by atoms with Crippen LogP contribution in [0.15, 0.2) is 85.1 Å². The number of carbonyl (C=O) groups excluding carboxylic acids is 2. The summed E-state index contributed by atoms with van der Waals surface area (Å²) in [5.74, 6) is -0.174. The van der Waals surface area contributed by atoms with Crippen molar-refractivity contribution in [3.63, 3.8) is 0 Å². The molecule has 1 heterocycles. The number of amides is 2. The summed E-state index contributed by atoms with van der Waals surface area (Å²) >= 11 is 0. The van der Waals surface area contributed by atoms with E-state index in [2.05, 4.69) is 17.1 Å². The van der Waals surface area contributed by atoms with Crippen LogP contribution in [0.3, 0.4) is 0 Å². The molecule has 1 aromatic heterocycles. The smallest absolute Gasteiger partial charge is 0.254 e. The van der Waals surface area contributed by atoms with Crippen LogP contribution in [0.2, 0.25) is 0 Å². The van der Waals surface area contributed by atoms with Crippen molar-refractivity contribution in [2.75, 3.05) is 13.1 Å². The summed E-state index contributed by atoms with van der Waals surface area (Å²) in [5.41, 5.74) is 5.05. The van der Waals surface area contributed by atoms with Gasteiger partial charge in [0, 0.05) is 41.8 Å². The van der Waals surface area contributed by atoms with Crippen LogP contribution >= 0.6 is 0 Å². The fourth-order valence-corrected chi connectivity index (χ4v) is 4.29. The summed E-state index contributed by atoms with van der Waals surface area (Å²) in [6.07, 6.45) is 2.76. The number of aryl methyl sites for hydroxylation is 1. The van der Waals surface area contributed by atoms with Crippen LogP contribution in [0.5, 0.6) is 0 Å². The molecule has 1 N–H and O–H groups in total. The minimum atomic E-state index is -0.121. The van der Waals surface area contributed by atoms with E-state index in [0.29, 0.717) is 18.7 Å². The highest BCUT2D eigenvalue weighted by Crippen LogP contribution is 2.19. The lowest BCUT2D eigenvalue weighted by molar-refractivity contribution is -0.132. The molecule has 3 aromatic carbocycles. The third-order valence-electron chi connectivity index (χ3n) is 6.38. The normalized spacial score (nSPS) is 11.1. The van der Waals surface area contributed by atoms with Gasteiger partial charge in [-0.05, 0) is 56.5 Å². The summed E-state index contributed by atoms with van der Waals surface area (Å²) in [7, 11) is 0. The van der Waals surface area contributed by atoms with Crippen molar-refractivity contribution in [3.8, 4) is 0 Å². The van der Waals surface area contributed by atoms with Crippen molar-refractivity contribution in [3.05, 3.63) is 107 Å². The number of benzene rings is 3. The monoisotopic (exact) mass is 467 g/mol. The Hall–Kier alpha value is -3.86. The molecule has 4 aromatic rings. The van der Waals surface area contributed by atoms with Crippen LogP contribution in [0.1, 0.15) is 40.9 Å². The second-order valence-corrected chi connectivity index (χ2v) is 9.30. The van der Waals surface area contributed by atoms with Crippen LogP contribution in [-0.4, -0.2) is 45.7 Å². The van der Waals surface area contributed by atoms with E-state index in [1.54, 1.807) is 4.90 Å². The molecule has 0 bridgehead atoms. The second kappa shape index (κ2) is 11.0. The molecule has 180 valence electrons. The Bertz CT molecular complexity index is 1280. The molecule has 5 heteroatoms. The Labute approximate surface area is 207 Å². The van der Waals surface area contributed by atoms with E-state index in [1.807, 2.05) is 98.6 Å². The zero-order valence-corrected chi connectivity index (χ0v) is 20.7. The molecule has 0 saturated heterocycles. The number of carbonyl (C=O) groups is 2. The third kappa shape index (κ3) is 5.99. The average Bonchev–Trinajstić information content (AvgIpc) is 3.28. The number of aromatic nitrogens is 1. The first-order chi connectivity index (χ1) is 16.9. The van der Waals surface area contributed by atoms with E-state index in [1.165, 1.54) is 10.9 Å². The predicted molar refractivity (Wildman–Crippen MR) is 141 cm³/mol. The molecule has 0 aliphatic heterocycles. The van der Waals surface area contributed by atoms with E-state index in [0.717, 1.165) is 23.1 Å². The molecular weight excluding hydrogens is 434 g/mol. The molecule has 0 radical (unpaired) electrons. The molecule has 0 atom stereocenters. The van der Waals surface area contributed by atoms with Crippen molar-refractivity contribution in [1.29, 1.82) is 0 Å². The highest BCUT2D eigenvalue weighted by atomic mass is 16.2. The molecule has 0 aliphatic carbocycles.